The fourth-order valence-electron chi connectivity index (χ4n) is 4.99. The number of carbonyl (C=O) groups is 3. The lowest BCUT2D eigenvalue weighted by Gasteiger charge is -2.35. The van der Waals surface area contributed by atoms with Crippen LogP contribution in [0.5, 0.6) is 0 Å². The van der Waals surface area contributed by atoms with Crippen LogP contribution >= 0.6 is 0 Å². The van der Waals surface area contributed by atoms with Crippen LogP contribution in [0.1, 0.15) is 12.8 Å². The highest BCUT2D eigenvalue weighted by Gasteiger charge is 2.89. The zero-order chi connectivity index (χ0) is 106. The van der Waals surface area contributed by atoms with Crippen LogP contribution in [0.15, 0.2) is 38.2 Å². The molecule has 0 saturated carbocycles. The zero-order valence-corrected chi connectivity index (χ0v) is 58.5. The molecule has 1 heterocycles. The van der Waals surface area contributed by atoms with Gasteiger partial charge in [0.2, 0.25) is 0 Å². The van der Waals surface area contributed by atoms with E-state index in [2.05, 4.69) is 48.2 Å². The lowest BCUT2D eigenvalue weighted by atomic mass is 10.2. The summed E-state index contributed by atoms with van der Waals surface area (Å²) in [5.41, 5.74) is 0. The van der Waals surface area contributed by atoms with Crippen molar-refractivity contribution in [2.75, 3.05) is 39.6 Å². The van der Waals surface area contributed by atoms with Gasteiger partial charge in [-0.3, -0.25) is 9.59 Å². The highest BCUT2D eigenvalue weighted by molar-refractivity contribution is 5.78. The van der Waals surface area contributed by atoms with Gasteiger partial charge >= 0.3 is 199 Å². The van der Waals surface area contributed by atoms with Crippen LogP contribution in [0.3, 0.4) is 0 Å². The average Bonchev–Trinajstić information content (AvgIpc) is 1.72. The Morgan fingerprint density at radius 2 is 0.481 bits per heavy atom. The second-order valence-electron chi connectivity index (χ2n) is 22.0. The van der Waals surface area contributed by atoms with Gasteiger partial charge in [0.1, 0.15) is 25.9 Å². The first-order valence-electron chi connectivity index (χ1n) is 28.9. The lowest BCUT2D eigenvalue weighted by molar-refractivity contribution is -0.594. The molecule has 0 aromatic heterocycles. The van der Waals surface area contributed by atoms with E-state index in [0.29, 0.717) is 6.08 Å². The molecule has 0 bridgehead atoms. The monoisotopic (exact) mass is 2120 g/mol. The molecule has 0 radical (unpaired) electrons. The molecule has 0 spiro atoms. The predicted molar refractivity (Wildman–Crippen MR) is 258 cm³/mol. The quantitative estimate of drug-likeness (QED) is 0.00640. The van der Waals surface area contributed by atoms with Crippen molar-refractivity contribution in [2.45, 2.75) is 200 Å². The second-order valence-corrected chi connectivity index (χ2v) is 22.0. The zero-order valence-electron chi connectivity index (χ0n) is 58.5. The van der Waals surface area contributed by atoms with Crippen LogP contribution in [-0.2, 0) is 91.1 Å². The van der Waals surface area contributed by atoms with Crippen molar-refractivity contribution in [3.63, 3.8) is 0 Å². The van der Waals surface area contributed by atoms with Gasteiger partial charge in [0.15, 0.2) is 6.61 Å². The summed E-state index contributed by atoms with van der Waals surface area (Å²) >= 11 is 0. The topological polar surface area (TPSA) is 202 Å². The van der Waals surface area contributed by atoms with E-state index in [9.17, 15) is 295 Å². The number of hydrogen-bond donors (Lipinski definition) is 0. The van der Waals surface area contributed by atoms with Gasteiger partial charge in [-0.2, -0.15) is 305 Å². The van der Waals surface area contributed by atoms with Gasteiger partial charge in [-0.05, 0) is 0 Å². The molecule has 1 saturated heterocycles. The molecule has 19 nitrogen and oxygen atoms in total. The first kappa shape index (κ1) is 128. The van der Waals surface area contributed by atoms with E-state index >= 15 is 0 Å². The highest BCUT2D eigenvalue weighted by Crippen LogP contribution is 2.61. The molecule has 1 aliphatic heterocycles. The molecule has 0 amide bonds. The molecule has 0 N–H and O–H groups in total. The molecule has 0 aliphatic carbocycles. The fourth-order valence-corrected chi connectivity index (χ4v) is 4.99. The van der Waals surface area contributed by atoms with E-state index in [0.717, 1.165) is 6.08 Å². The van der Waals surface area contributed by atoms with Crippen molar-refractivity contribution in [3.05, 3.63) is 38.2 Å². The summed E-state index contributed by atoms with van der Waals surface area (Å²) in [4.78, 5) is 43.9. The van der Waals surface area contributed by atoms with E-state index < -0.39 is 258 Å². The van der Waals surface area contributed by atoms with Crippen LogP contribution in [0.25, 0.3) is 0 Å². The molecule has 0 aromatic carbocycles. The van der Waals surface area contributed by atoms with Crippen LogP contribution in [-0.4, -0.2) is 245 Å². The van der Waals surface area contributed by atoms with Crippen molar-refractivity contribution in [3.8, 4) is 0 Å². The Balaban J connectivity index is -0.00000169. The highest BCUT2D eigenvalue weighted by atomic mass is 19.5. The summed E-state index contributed by atoms with van der Waals surface area (Å²) in [6.45, 7) is -0.263. The van der Waals surface area contributed by atoms with Crippen LogP contribution < -0.4 is 0 Å². The van der Waals surface area contributed by atoms with Gasteiger partial charge in [0, 0.05) is 0 Å². The Hall–Kier alpha value is -7.53. The third kappa shape index (κ3) is 29.0. The number of hydrogen-bond acceptors (Lipinski definition) is 19. The summed E-state index contributed by atoms with van der Waals surface area (Å²) < 4.78 is 842. The van der Waals surface area contributed by atoms with Crippen molar-refractivity contribution in [1.82, 2.24) is 0 Å². The molecule has 0 aromatic rings. The number of epoxide rings is 1. The predicted octanol–water partition coefficient (Wildman–Crippen LogP) is 21.3. The third-order valence-corrected chi connectivity index (χ3v) is 11.9. The largest absolute Gasteiger partial charge is 0.473 e. The van der Waals surface area contributed by atoms with Gasteiger partial charge < -0.3 is 28.4 Å². The summed E-state index contributed by atoms with van der Waals surface area (Å²) in [5, 5.41) is 0. The summed E-state index contributed by atoms with van der Waals surface area (Å²) in [6, 6.07) is 0. The maximum Gasteiger partial charge on any atom is 0.473 e. The Bertz CT molecular complexity index is 3710. The number of ether oxygens (including phenoxy) is 10. The summed E-state index contributed by atoms with van der Waals surface area (Å²) in [7, 11) is 0. The minimum atomic E-state index is -7.95. The Morgan fingerprint density at radius 3 is 0.718 bits per heavy atom. The van der Waals surface area contributed by atoms with E-state index in [1.165, 1.54) is 18.9 Å². The normalized spacial score (nSPS) is 16.2. The Morgan fingerprint density at radius 1 is 0.267 bits per heavy atom. The molecule has 1 fully saturated rings. The van der Waals surface area contributed by atoms with Crippen molar-refractivity contribution >= 4 is 17.9 Å². The van der Waals surface area contributed by atoms with Gasteiger partial charge in [-0.15, -0.1) is 18.0 Å². The minimum Gasteiger partial charge on any atom is -0.462 e. The third-order valence-electron chi connectivity index (χ3n) is 11.9. The second kappa shape index (κ2) is 40.4. The van der Waals surface area contributed by atoms with Gasteiger partial charge in [0.25, 0.3) is 0 Å². The van der Waals surface area contributed by atoms with E-state index in [-0.39, 0.29) is 6.61 Å². The number of alkyl halides is 64. The average molecular weight is 2120 g/mol. The molecule has 131 heavy (non-hydrogen) atoms. The first-order chi connectivity index (χ1) is 56.7. The van der Waals surface area contributed by atoms with Crippen LogP contribution in [0.2, 0.25) is 0 Å². The molecule has 1 aliphatic rings. The number of carbonyl (C=O) groups excluding carboxylic acids is 3. The Kier molecular flexibility index (Phi) is 39.4. The van der Waals surface area contributed by atoms with E-state index in [4.69, 9.17) is 0 Å². The maximum atomic E-state index is 13.4. The standard InChI is InChI=1S/C15H9F17O7.C13H7F17O5.C12H7F17O5.C8H3F13O2/c1-2-3-6(33)35-4-5-36-7(34)8(16,17)12(25,26)38-39-15(31,32)10(20,21)14(29,30)37-13(27,28)9(18,19)11(22,23)24;1-2-3-5(31)32-4-6(14,15)10(23,24)34-35-13(29,30)8(18,19)12(27,28)33-11(25,26)7(16,17)9(20,21)22;13-5(14,3-30-1-4-2-31-4)9(22,23)33-34-12(28,29)7(17,18)11(26,27)32-10(24,25)6(15,16)8(19,20)21;1-2-22-6(16,17)4(11,12)8(20,21)23-7(18,19)3(9,10)5(13,14)15/h2H,1,3-5H2;2H,1,3-4H2;4H,1-3H2;2H,1H2. The molecule has 780 valence electrons. The smallest absolute Gasteiger partial charge is 0.462 e. The summed E-state index contributed by atoms with van der Waals surface area (Å²) in [5.74, 6) is -85.6. The molecule has 83 heteroatoms. The SMILES string of the molecule is C=CCC(=O)OCC(F)(F)C(F)(F)OOC(F)(F)C(F)(F)C(F)(F)OC(F)(F)C(F)(F)C(F)(F)F.C=CCC(=O)OCCOC(=O)C(F)(F)C(F)(F)OOC(F)(F)C(F)(F)C(F)(F)OC(F)(F)C(F)(F)C(F)(F)F.C=COC(F)(F)C(F)(F)C(F)(F)OC(F)(F)C(F)(F)C(F)(F)F.FC(F)(F)C(F)(F)C(F)(F)OC(F)(F)C(F)(F)C(F)(F)OOC(F)(F)C(F)(F)COCC1CO1. The minimum absolute atomic E-state index is 0.0485. The lowest BCUT2D eigenvalue weighted by Crippen LogP contribution is -2.63. The fraction of sp³-hybridized carbons (Fsp3) is 0.812. The first-order valence-corrected chi connectivity index (χ1v) is 28.9. The number of esters is 3. The molecular weight excluding hydrogens is 2100 g/mol. The summed E-state index contributed by atoms with van der Waals surface area (Å²) in [6.07, 6.45) is -140. The van der Waals surface area contributed by atoms with Crippen molar-refractivity contribution < 1.29 is 372 Å². The maximum absolute atomic E-state index is 13.4. The van der Waals surface area contributed by atoms with Crippen molar-refractivity contribution in [2.24, 2.45) is 0 Å². The van der Waals surface area contributed by atoms with Gasteiger partial charge in [0.05, 0.1) is 32.3 Å². The van der Waals surface area contributed by atoms with Crippen LogP contribution in [0.4, 0.5) is 281 Å². The molecule has 1 rings (SSSR count). The number of halogens is 64. The van der Waals surface area contributed by atoms with Crippen LogP contribution in [0, 0.1) is 0 Å². The van der Waals surface area contributed by atoms with Gasteiger partial charge in [-0.1, -0.05) is 18.7 Å². The Labute approximate surface area is 669 Å². The van der Waals surface area contributed by atoms with Crippen molar-refractivity contribution in [1.29, 1.82) is 0 Å². The van der Waals surface area contributed by atoms with E-state index in [1.54, 1.807) is 9.78 Å². The molecule has 1 unspecified atom stereocenters. The molecular formula is C48H26F64O19. The number of rotatable bonds is 48. The van der Waals surface area contributed by atoms with Gasteiger partial charge in [-0.25, -0.2) is 23.7 Å². The van der Waals surface area contributed by atoms with E-state index in [1.807, 2.05) is 19.6 Å². The molecule has 1 atom stereocenters.